The normalized spacial score (nSPS) is 21.9. The zero-order chi connectivity index (χ0) is 29.3. The molecule has 2 aliphatic heterocycles. The van der Waals surface area contributed by atoms with Gasteiger partial charge in [0.1, 0.15) is 0 Å². The summed E-state index contributed by atoms with van der Waals surface area (Å²) >= 11 is 0. The number of benzene rings is 2. The summed E-state index contributed by atoms with van der Waals surface area (Å²) in [5, 5.41) is 5.09. The summed E-state index contributed by atoms with van der Waals surface area (Å²) in [6.45, 7) is 2.69. The summed E-state index contributed by atoms with van der Waals surface area (Å²) in [5.41, 5.74) is 9.77. The van der Waals surface area contributed by atoms with Crippen molar-refractivity contribution in [2.24, 2.45) is 5.92 Å². The number of anilines is 1. The van der Waals surface area contributed by atoms with E-state index in [9.17, 15) is 0 Å². The molecule has 2 aliphatic carbocycles. The maximum absolute atomic E-state index is 15.8. The van der Waals surface area contributed by atoms with Crippen molar-refractivity contribution < 1.29 is 18.6 Å². The van der Waals surface area contributed by atoms with Gasteiger partial charge in [-0.25, -0.2) is 4.68 Å². The summed E-state index contributed by atoms with van der Waals surface area (Å²) in [6.07, 6.45) is 13.6. The molecule has 1 unspecified atom stereocenters. The lowest BCUT2D eigenvalue weighted by atomic mass is 9.86. The Morgan fingerprint density at radius 1 is 0.907 bits per heavy atom. The molecule has 3 aromatic rings. The number of allylic oxidation sites excluding steroid dienone is 3. The second-order valence-electron chi connectivity index (χ2n) is 12.6. The van der Waals surface area contributed by atoms with Gasteiger partial charge in [-0.05, 0) is 122 Å². The molecule has 2 saturated heterocycles. The van der Waals surface area contributed by atoms with Crippen molar-refractivity contribution in [1.82, 2.24) is 9.78 Å². The fraction of sp³-hybridized carbons (Fsp3) is 0.528. The average Bonchev–Trinajstić information content (AvgIpc) is 3.66. The van der Waals surface area contributed by atoms with Crippen molar-refractivity contribution in [3.63, 3.8) is 0 Å². The Balaban J connectivity index is 1.26. The molecule has 0 amide bonds. The minimum Gasteiger partial charge on any atom is -0.372 e. The molecule has 0 N–H and O–H groups in total. The van der Waals surface area contributed by atoms with E-state index in [0.29, 0.717) is 17.9 Å². The third kappa shape index (κ3) is 5.45. The molecule has 6 nitrogen and oxygen atoms in total. The number of nitrogens with zero attached hydrogens (tertiary/aromatic N) is 3. The van der Waals surface area contributed by atoms with Crippen LogP contribution in [0.15, 0.2) is 53.6 Å². The third-order valence-electron chi connectivity index (χ3n) is 10.1. The van der Waals surface area contributed by atoms with Gasteiger partial charge in [-0.1, -0.05) is 24.3 Å². The zero-order valence-corrected chi connectivity index (χ0v) is 25.6. The van der Waals surface area contributed by atoms with Crippen molar-refractivity contribution in [2.75, 3.05) is 38.8 Å². The van der Waals surface area contributed by atoms with Gasteiger partial charge in [-0.3, -0.25) is 0 Å². The second-order valence-corrected chi connectivity index (χ2v) is 12.6. The molecule has 7 rings (SSSR count). The summed E-state index contributed by atoms with van der Waals surface area (Å²) in [4.78, 5) is 2.47. The van der Waals surface area contributed by atoms with Crippen LogP contribution < -0.4 is 4.90 Å². The van der Waals surface area contributed by atoms with Gasteiger partial charge in [-0.2, -0.15) is 4.39 Å². The number of hydrogen-bond acceptors (Lipinski definition) is 5. The highest BCUT2D eigenvalue weighted by Crippen LogP contribution is 2.44. The van der Waals surface area contributed by atoms with Crippen LogP contribution in [0.4, 0.5) is 10.1 Å². The molecule has 7 heteroatoms. The number of aromatic nitrogens is 2. The van der Waals surface area contributed by atoms with E-state index in [1.54, 1.807) is 18.9 Å². The topological polar surface area (TPSA) is 48.8 Å². The van der Waals surface area contributed by atoms with E-state index < -0.39 is 0 Å². The molecule has 1 atom stereocenters. The standard InChI is InChI=1S/C36H44FN3O3/c1-41-36(42-2)26-19-21-39(22-20-26)27-15-13-25(14-16-27)33-28(24-8-3-4-9-24)10-7-11-29-30(33)17-18-31-34(29)35(37)38-40(31)32-12-5-6-23-43-32/h8,13-18,26,32,36H,3-7,9-12,19-23H2,1-2H3. The molecule has 228 valence electrons. The Bertz CT molecular complexity index is 1510. The number of fused-ring (bicyclic) bond motifs is 3. The minimum absolute atomic E-state index is 0.131. The minimum atomic E-state index is -0.369. The van der Waals surface area contributed by atoms with E-state index in [1.807, 2.05) is 0 Å². The molecule has 0 bridgehead atoms. The Labute approximate surface area is 254 Å². The number of piperidine rings is 1. The van der Waals surface area contributed by atoms with Crippen molar-refractivity contribution >= 4 is 22.2 Å². The van der Waals surface area contributed by atoms with Crippen molar-refractivity contribution in [3.8, 4) is 0 Å². The fourth-order valence-corrected chi connectivity index (χ4v) is 7.96. The lowest BCUT2D eigenvalue weighted by Crippen LogP contribution is -2.39. The number of aryl methyl sites for hydroxylation is 1. The number of methoxy groups -OCH3 is 2. The first-order chi connectivity index (χ1) is 21.2. The van der Waals surface area contributed by atoms with Crippen molar-refractivity contribution in [3.05, 3.63) is 76.3 Å². The van der Waals surface area contributed by atoms with E-state index in [0.717, 1.165) is 93.9 Å². The monoisotopic (exact) mass is 585 g/mol. The Morgan fingerprint density at radius 2 is 1.72 bits per heavy atom. The first kappa shape index (κ1) is 28.8. The van der Waals surface area contributed by atoms with E-state index in [-0.39, 0.29) is 18.5 Å². The number of rotatable bonds is 7. The first-order valence-electron chi connectivity index (χ1n) is 16.3. The van der Waals surface area contributed by atoms with Crippen LogP contribution in [0.5, 0.6) is 0 Å². The first-order valence-corrected chi connectivity index (χ1v) is 16.3. The van der Waals surface area contributed by atoms with Gasteiger partial charge in [0.05, 0.1) is 10.9 Å². The molecular weight excluding hydrogens is 541 g/mol. The van der Waals surface area contributed by atoms with E-state index >= 15 is 4.39 Å². The highest BCUT2D eigenvalue weighted by atomic mass is 19.1. The predicted octanol–water partition coefficient (Wildman–Crippen LogP) is 7.96. The number of ether oxygens (including phenoxy) is 3. The van der Waals surface area contributed by atoms with Gasteiger partial charge in [0.2, 0.25) is 5.95 Å². The van der Waals surface area contributed by atoms with Gasteiger partial charge in [0.25, 0.3) is 0 Å². The van der Waals surface area contributed by atoms with Crippen LogP contribution in [0.1, 0.15) is 87.1 Å². The van der Waals surface area contributed by atoms with Gasteiger partial charge in [-0.15, -0.1) is 5.10 Å². The summed E-state index contributed by atoms with van der Waals surface area (Å²) in [7, 11) is 3.46. The molecular formula is C36H44FN3O3. The summed E-state index contributed by atoms with van der Waals surface area (Å²) in [5.74, 6) is 0.0542. The average molecular weight is 586 g/mol. The number of halogens is 1. The van der Waals surface area contributed by atoms with E-state index in [1.165, 1.54) is 34.4 Å². The van der Waals surface area contributed by atoms with Gasteiger partial charge in [0.15, 0.2) is 12.5 Å². The van der Waals surface area contributed by atoms with Crippen LogP contribution in [0.3, 0.4) is 0 Å². The molecule has 43 heavy (non-hydrogen) atoms. The molecule has 0 saturated carbocycles. The lowest BCUT2D eigenvalue weighted by Gasteiger charge is -2.36. The largest absolute Gasteiger partial charge is 0.372 e. The predicted molar refractivity (Wildman–Crippen MR) is 169 cm³/mol. The summed E-state index contributed by atoms with van der Waals surface area (Å²) < 4.78 is 34.6. The van der Waals surface area contributed by atoms with Crippen LogP contribution >= 0.6 is 0 Å². The number of hydrogen-bond donors (Lipinski definition) is 0. The fourth-order valence-electron chi connectivity index (χ4n) is 7.96. The smallest absolute Gasteiger partial charge is 0.240 e. The van der Waals surface area contributed by atoms with Crippen LogP contribution in [0.25, 0.3) is 16.5 Å². The van der Waals surface area contributed by atoms with Crippen LogP contribution in [0, 0.1) is 11.9 Å². The third-order valence-corrected chi connectivity index (χ3v) is 10.1. The Kier molecular flexibility index (Phi) is 8.39. The van der Waals surface area contributed by atoms with Crippen LogP contribution in [-0.4, -0.2) is 50.0 Å². The van der Waals surface area contributed by atoms with Crippen molar-refractivity contribution in [1.29, 1.82) is 0 Å². The highest BCUT2D eigenvalue weighted by Gasteiger charge is 2.29. The molecule has 1 aromatic heterocycles. The maximum atomic E-state index is 15.8. The van der Waals surface area contributed by atoms with Gasteiger partial charge >= 0.3 is 0 Å². The van der Waals surface area contributed by atoms with Gasteiger partial charge in [0, 0.05) is 45.5 Å². The second kappa shape index (κ2) is 12.5. The summed E-state index contributed by atoms with van der Waals surface area (Å²) in [6, 6.07) is 13.4. The van der Waals surface area contributed by atoms with E-state index in [4.69, 9.17) is 14.2 Å². The Morgan fingerprint density at radius 3 is 2.42 bits per heavy atom. The molecule has 2 fully saturated rings. The molecule has 0 radical (unpaired) electrons. The molecule has 3 heterocycles. The van der Waals surface area contributed by atoms with Gasteiger partial charge < -0.3 is 19.1 Å². The SMILES string of the molecule is COC(OC)C1CCN(c2ccc(C3=C(C4=CCCC4)CCCc4c3ccc3c4c(F)nn3C3CCCCO3)cc2)CC1. The maximum Gasteiger partial charge on any atom is 0.240 e. The Hall–Kier alpha value is -3.00. The highest BCUT2D eigenvalue weighted by molar-refractivity contribution is 5.94. The van der Waals surface area contributed by atoms with E-state index in [2.05, 4.69) is 52.5 Å². The quantitative estimate of drug-likeness (QED) is 0.263. The van der Waals surface area contributed by atoms with Crippen LogP contribution in [-0.2, 0) is 20.6 Å². The molecule has 0 spiro atoms. The van der Waals surface area contributed by atoms with Crippen LogP contribution in [0.2, 0.25) is 0 Å². The molecule has 2 aromatic carbocycles. The molecule has 4 aliphatic rings. The zero-order valence-electron chi connectivity index (χ0n) is 25.6. The van der Waals surface area contributed by atoms with Crippen molar-refractivity contribution in [2.45, 2.75) is 83.1 Å². The lowest BCUT2D eigenvalue weighted by molar-refractivity contribution is -0.141.